The first kappa shape index (κ1) is 35.9. The molecule has 1 aliphatic heterocycles. The standard InChI is InChI=1S/C27H36N8O11P2/c1-27(2,12-28-3)9-18(36)32-26-33-23-20(24(38)34-26)31-14-35(23)25-22(21(37)17(45-25)11-42-47(39)40)46-48(41)43-10-15-4-5-16(8-15)44-19-6-7-29-13-30-19/h6-7,13-17,21-22,25,28,37H,4-5,8-12H2,1-3H3,(H-2,32,33,34,36,38,39,40)/p+2/t15-,16+,17-,21-,22-,25-/m1/s1. The number of carbonyl (C=O) groups is 1. The van der Waals surface area contributed by atoms with Crippen LogP contribution in [0.2, 0.25) is 0 Å². The minimum atomic E-state index is -3.02. The maximum absolute atomic E-state index is 13.0. The third kappa shape index (κ3) is 9.19. The van der Waals surface area contributed by atoms with E-state index in [1.165, 1.54) is 17.2 Å². The van der Waals surface area contributed by atoms with Gasteiger partial charge in [0.1, 0.15) is 37.9 Å². The Hall–Kier alpha value is -3.38. The zero-order valence-electron chi connectivity index (χ0n) is 26.4. The molecule has 3 aromatic heterocycles. The summed E-state index contributed by atoms with van der Waals surface area (Å²) < 4.78 is 53.3. The Morgan fingerprint density at radius 3 is 2.77 bits per heavy atom. The lowest BCUT2D eigenvalue weighted by Gasteiger charge is -2.23. The number of aromatic nitrogens is 6. The summed E-state index contributed by atoms with van der Waals surface area (Å²) in [7, 11) is -4.05. The molecule has 1 saturated carbocycles. The van der Waals surface area contributed by atoms with Crippen LogP contribution in [0.1, 0.15) is 45.8 Å². The van der Waals surface area contributed by atoms with Gasteiger partial charge in [-0.1, -0.05) is 13.8 Å². The molecule has 1 saturated heterocycles. The van der Waals surface area contributed by atoms with Gasteiger partial charge in [0.05, 0.1) is 6.33 Å². The van der Waals surface area contributed by atoms with E-state index in [4.69, 9.17) is 27.9 Å². The number of imidazole rings is 1. The van der Waals surface area contributed by atoms with E-state index in [1.54, 1.807) is 19.3 Å². The van der Waals surface area contributed by atoms with Crippen LogP contribution in [0.3, 0.4) is 0 Å². The molecule has 0 spiro atoms. The van der Waals surface area contributed by atoms with Crippen LogP contribution in [0.5, 0.6) is 5.88 Å². The molecule has 48 heavy (non-hydrogen) atoms. The van der Waals surface area contributed by atoms with Gasteiger partial charge in [0.15, 0.2) is 23.5 Å². The molecule has 21 heteroatoms. The van der Waals surface area contributed by atoms with Gasteiger partial charge in [-0.05, 0) is 37.6 Å². The lowest BCUT2D eigenvalue weighted by atomic mass is 9.89. The lowest BCUT2D eigenvalue weighted by Crippen LogP contribution is -2.34. The molecular formula is C27H38N8O11P2+2. The normalized spacial score (nSPS) is 24.9. The summed E-state index contributed by atoms with van der Waals surface area (Å²) in [6, 6.07) is 1.66. The maximum atomic E-state index is 13.0. The van der Waals surface area contributed by atoms with E-state index in [9.17, 15) is 23.8 Å². The van der Waals surface area contributed by atoms with E-state index in [-0.39, 0.29) is 47.6 Å². The number of fused-ring (bicyclic) bond motifs is 1. The predicted molar refractivity (Wildman–Crippen MR) is 167 cm³/mol. The minimum absolute atomic E-state index is 0.0212. The number of H-pyrrole nitrogens is 1. The highest BCUT2D eigenvalue weighted by molar-refractivity contribution is 7.33. The highest BCUT2D eigenvalue weighted by Crippen LogP contribution is 2.41. The number of ether oxygens (including phenoxy) is 2. The molecule has 5 rings (SSSR count). The zero-order chi connectivity index (χ0) is 34.4. The molecule has 1 aliphatic carbocycles. The molecule has 19 nitrogen and oxygen atoms in total. The van der Waals surface area contributed by atoms with E-state index in [0.717, 1.165) is 12.8 Å². The van der Waals surface area contributed by atoms with E-state index in [2.05, 4.69) is 35.6 Å². The highest BCUT2D eigenvalue weighted by Gasteiger charge is 2.52. The summed E-state index contributed by atoms with van der Waals surface area (Å²) >= 11 is 0. The molecule has 3 aromatic rings. The van der Waals surface area contributed by atoms with Crippen molar-refractivity contribution < 1.29 is 47.0 Å². The average Bonchev–Trinajstić information content (AvgIpc) is 3.73. The quantitative estimate of drug-likeness (QED) is 0.133. The number of hydrogen-bond acceptors (Lipinski definition) is 15. The Morgan fingerprint density at radius 2 is 2.04 bits per heavy atom. The van der Waals surface area contributed by atoms with E-state index in [0.29, 0.717) is 18.8 Å². The number of amides is 1. The van der Waals surface area contributed by atoms with Crippen LogP contribution in [0, 0.1) is 11.3 Å². The third-order valence-electron chi connectivity index (χ3n) is 7.88. The molecule has 0 radical (unpaired) electrons. The zero-order valence-corrected chi connectivity index (χ0v) is 28.2. The topological polar surface area (TPSA) is 251 Å². The van der Waals surface area contributed by atoms with Gasteiger partial charge in [0.2, 0.25) is 17.7 Å². The number of aliphatic hydroxyl groups is 1. The molecule has 2 fully saturated rings. The molecule has 260 valence electrons. The molecular weight excluding hydrogens is 674 g/mol. The monoisotopic (exact) mass is 712 g/mol. The molecule has 5 N–H and O–H groups in total. The number of rotatable bonds is 16. The van der Waals surface area contributed by atoms with Gasteiger partial charge >= 0.3 is 16.5 Å². The molecule has 8 atom stereocenters. The van der Waals surface area contributed by atoms with Crippen molar-refractivity contribution in [2.24, 2.45) is 11.3 Å². The molecule has 1 amide bonds. The van der Waals surface area contributed by atoms with Crippen LogP contribution >= 0.6 is 16.5 Å². The molecule has 2 aliphatic rings. The maximum Gasteiger partial charge on any atom is 0.697 e. The Kier molecular flexibility index (Phi) is 11.9. The van der Waals surface area contributed by atoms with Crippen molar-refractivity contribution in [1.29, 1.82) is 0 Å². The fourth-order valence-electron chi connectivity index (χ4n) is 5.76. The largest absolute Gasteiger partial charge is 0.697 e. The summed E-state index contributed by atoms with van der Waals surface area (Å²) in [5.74, 6) is -0.0623. The van der Waals surface area contributed by atoms with Gasteiger partial charge < -0.3 is 19.9 Å². The SMILES string of the molecule is CNCC(C)(C)CC(=O)Nc1nc2c(ncn2[C@@H]2O[C@H](CO[P+](=O)O)[C@@H](O)[C@H]2O[P+](=O)OC[C@@H]2CC[C@H](Oc3ccncn3)C2)c(=O)[nH]1. The van der Waals surface area contributed by atoms with Crippen molar-refractivity contribution in [2.45, 2.75) is 70.2 Å². The van der Waals surface area contributed by atoms with E-state index in [1.807, 2.05) is 13.8 Å². The van der Waals surface area contributed by atoms with Crippen molar-refractivity contribution in [2.75, 3.05) is 32.1 Å². The number of carbonyl (C=O) groups excluding carboxylic acids is 1. The Labute approximate surface area is 276 Å². The van der Waals surface area contributed by atoms with Crippen LogP contribution in [0.15, 0.2) is 29.7 Å². The minimum Gasteiger partial charge on any atom is -0.474 e. The number of hydrogen-bond donors (Lipinski definition) is 5. The Balaban J connectivity index is 1.29. The van der Waals surface area contributed by atoms with Gasteiger partial charge in [-0.3, -0.25) is 24.5 Å². The van der Waals surface area contributed by atoms with Crippen molar-refractivity contribution in [3.8, 4) is 5.88 Å². The summed E-state index contributed by atoms with van der Waals surface area (Å²) in [6.45, 7) is 3.95. The van der Waals surface area contributed by atoms with Gasteiger partial charge in [-0.25, -0.2) is 15.0 Å². The lowest BCUT2D eigenvalue weighted by molar-refractivity contribution is -0.118. The highest BCUT2D eigenvalue weighted by atomic mass is 31.1. The summed E-state index contributed by atoms with van der Waals surface area (Å²) in [4.78, 5) is 53.7. The van der Waals surface area contributed by atoms with Crippen molar-refractivity contribution in [3.05, 3.63) is 35.3 Å². The second kappa shape index (κ2) is 15.9. The van der Waals surface area contributed by atoms with Crippen molar-refractivity contribution >= 4 is 39.5 Å². The average molecular weight is 713 g/mol. The number of nitrogens with one attached hydrogen (secondary N) is 3. The second-order valence-corrected chi connectivity index (χ2v) is 14.0. The summed E-state index contributed by atoms with van der Waals surface area (Å²) in [6.07, 6.45) is 0.959. The fourth-order valence-corrected chi connectivity index (χ4v) is 6.85. The third-order valence-corrected chi connectivity index (χ3v) is 9.02. The molecule has 2 unspecified atom stereocenters. The Bertz CT molecular complexity index is 1660. The van der Waals surface area contributed by atoms with E-state index >= 15 is 0 Å². The fraction of sp³-hybridized carbons (Fsp3) is 0.630. The van der Waals surface area contributed by atoms with E-state index < -0.39 is 59.1 Å². The first-order chi connectivity index (χ1) is 22.9. The van der Waals surface area contributed by atoms with Crippen LogP contribution in [0.25, 0.3) is 11.2 Å². The first-order valence-electron chi connectivity index (χ1n) is 15.2. The number of aliphatic hydroxyl groups excluding tert-OH is 1. The van der Waals surface area contributed by atoms with Gasteiger partial charge in [-0.2, -0.15) is 4.98 Å². The van der Waals surface area contributed by atoms with Gasteiger partial charge in [-0.15, -0.1) is 18.5 Å². The second-order valence-electron chi connectivity index (χ2n) is 12.3. The van der Waals surface area contributed by atoms with Crippen LogP contribution < -0.4 is 20.9 Å². The molecule has 4 heterocycles. The first-order valence-corrected chi connectivity index (χ1v) is 17.4. The van der Waals surface area contributed by atoms with Gasteiger partial charge in [0.25, 0.3) is 5.56 Å². The smallest absolute Gasteiger partial charge is 0.474 e. The van der Waals surface area contributed by atoms with Crippen molar-refractivity contribution in [3.63, 3.8) is 0 Å². The number of anilines is 1. The van der Waals surface area contributed by atoms with Crippen LogP contribution in [-0.2, 0) is 32.2 Å². The van der Waals surface area contributed by atoms with Crippen LogP contribution in [0.4, 0.5) is 5.95 Å². The summed E-state index contributed by atoms with van der Waals surface area (Å²) in [5.41, 5.74) is -1.20. The molecule has 0 aromatic carbocycles. The Morgan fingerprint density at radius 1 is 1.23 bits per heavy atom. The van der Waals surface area contributed by atoms with Crippen LogP contribution in [-0.4, -0.2) is 96.6 Å². The summed E-state index contributed by atoms with van der Waals surface area (Å²) in [5, 5.41) is 16.7. The number of aromatic amines is 1. The van der Waals surface area contributed by atoms with Gasteiger partial charge in [0, 0.05) is 34.4 Å². The number of nitrogens with zero attached hydrogens (tertiary/aromatic N) is 5. The predicted octanol–water partition coefficient (Wildman–Crippen LogP) is 1.72. The molecule has 0 bridgehead atoms. The van der Waals surface area contributed by atoms with Crippen molar-refractivity contribution in [1.82, 2.24) is 34.8 Å².